The van der Waals surface area contributed by atoms with E-state index in [1.165, 1.54) is 25.7 Å². The van der Waals surface area contributed by atoms with E-state index in [0.29, 0.717) is 11.0 Å². The van der Waals surface area contributed by atoms with Crippen molar-refractivity contribution in [3.05, 3.63) is 23.2 Å². The Balaban J connectivity index is 1.90. The maximum atomic E-state index is 6.14. The molecule has 1 aromatic heterocycles. The number of hydrogen-bond acceptors (Lipinski definition) is 2. The summed E-state index contributed by atoms with van der Waals surface area (Å²) in [5.74, 6) is 1.38. The Morgan fingerprint density at radius 3 is 2.70 bits per heavy atom. The van der Waals surface area contributed by atoms with Gasteiger partial charge in [0.1, 0.15) is 5.52 Å². The van der Waals surface area contributed by atoms with Crippen LogP contribution in [0.4, 0.5) is 5.95 Å². The molecule has 0 radical (unpaired) electrons. The molecule has 3 nitrogen and oxygen atoms in total. The third kappa shape index (κ3) is 3.66. The maximum Gasteiger partial charge on any atom is 0.201 e. The van der Waals surface area contributed by atoms with E-state index in [4.69, 9.17) is 17.3 Å². The van der Waals surface area contributed by atoms with Gasteiger partial charge in [0.15, 0.2) is 0 Å². The Kier molecular flexibility index (Phi) is 5.30. The van der Waals surface area contributed by atoms with Crippen LogP contribution in [0.25, 0.3) is 11.0 Å². The molecule has 20 heavy (non-hydrogen) atoms. The number of rotatable bonds is 7. The molecule has 0 amide bonds. The number of fused-ring (bicyclic) bond motifs is 1. The highest BCUT2D eigenvalue weighted by Gasteiger charge is 2.09. The fraction of sp³-hybridized carbons (Fsp3) is 0.562. The number of hydrogen-bond donors (Lipinski definition) is 1. The summed E-state index contributed by atoms with van der Waals surface area (Å²) in [5, 5.41) is 0.671. The SMILES string of the molecule is CC(C)CCCCCCn1c(N)nc2c(Cl)cccc21. The molecule has 2 N–H and O–H groups in total. The van der Waals surface area contributed by atoms with E-state index in [2.05, 4.69) is 23.4 Å². The first-order valence-corrected chi connectivity index (χ1v) is 7.87. The van der Waals surface area contributed by atoms with Crippen LogP contribution in [-0.4, -0.2) is 9.55 Å². The molecule has 0 unspecified atom stereocenters. The van der Waals surface area contributed by atoms with Crippen molar-refractivity contribution < 1.29 is 0 Å². The minimum atomic E-state index is 0.565. The highest BCUT2D eigenvalue weighted by atomic mass is 35.5. The first kappa shape index (κ1) is 15.2. The molecule has 0 bridgehead atoms. The molecule has 4 heteroatoms. The molecule has 0 aliphatic carbocycles. The number of para-hydroxylation sites is 1. The highest BCUT2D eigenvalue weighted by molar-refractivity contribution is 6.35. The van der Waals surface area contributed by atoms with Gasteiger partial charge in [0, 0.05) is 6.54 Å². The summed E-state index contributed by atoms with van der Waals surface area (Å²) in [5.41, 5.74) is 7.85. The first-order chi connectivity index (χ1) is 9.59. The average molecular weight is 294 g/mol. The standard InChI is InChI=1S/C16H24ClN3/c1-12(2)8-5-3-4-6-11-20-14-10-7-9-13(17)15(14)19-16(20)18/h7,9-10,12H,3-6,8,11H2,1-2H3,(H2,18,19). The van der Waals surface area contributed by atoms with Gasteiger partial charge in [-0.15, -0.1) is 0 Å². The third-order valence-corrected chi connectivity index (χ3v) is 3.98. The number of imidazole rings is 1. The van der Waals surface area contributed by atoms with Crippen molar-refractivity contribution in [2.75, 3.05) is 5.73 Å². The minimum absolute atomic E-state index is 0.565. The number of anilines is 1. The lowest BCUT2D eigenvalue weighted by molar-refractivity contribution is 0.508. The van der Waals surface area contributed by atoms with E-state index >= 15 is 0 Å². The van der Waals surface area contributed by atoms with Crippen molar-refractivity contribution in [3.8, 4) is 0 Å². The van der Waals surface area contributed by atoms with Crippen LogP contribution in [0.3, 0.4) is 0 Å². The van der Waals surface area contributed by atoms with Crippen molar-refractivity contribution in [3.63, 3.8) is 0 Å². The van der Waals surface area contributed by atoms with Crippen LogP contribution in [0.5, 0.6) is 0 Å². The number of aryl methyl sites for hydroxylation is 1. The predicted molar refractivity (Wildman–Crippen MR) is 87.1 cm³/mol. The van der Waals surface area contributed by atoms with Gasteiger partial charge in [-0.05, 0) is 24.5 Å². The lowest BCUT2D eigenvalue weighted by atomic mass is 10.0. The average Bonchev–Trinajstić information content (AvgIpc) is 2.71. The number of aromatic nitrogens is 2. The lowest BCUT2D eigenvalue weighted by Crippen LogP contribution is -2.03. The van der Waals surface area contributed by atoms with Gasteiger partial charge < -0.3 is 10.3 Å². The first-order valence-electron chi connectivity index (χ1n) is 7.50. The number of unbranched alkanes of at least 4 members (excludes halogenated alkanes) is 3. The fourth-order valence-electron chi connectivity index (χ4n) is 2.54. The van der Waals surface area contributed by atoms with Crippen LogP contribution in [0.2, 0.25) is 5.02 Å². The van der Waals surface area contributed by atoms with Gasteiger partial charge in [0.25, 0.3) is 0 Å². The molecule has 0 aliphatic heterocycles. The number of nitrogens with zero attached hydrogens (tertiary/aromatic N) is 2. The highest BCUT2D eigenvalue weighted by Crippen LogP contribution is 2.25. The van der Waals surface area contributed by atoms with Crippen LogP contribution in [0.1, 0.15) is 46.0 Å². The Morgan fingerprint density at radius 2 is 1.95 bits per heavy atom. The Morgan fingerprint density at radius 1 is 1.20 bits per heavy atom. The molecule has 0 fully saturated rings. The van der Waals surface area contributed by atoms with Crippen LogP contribution in [0.15, 0.2) is 18.2 Å². The summed E-state index contributed by atoms with van der Waals surface area (Å²) in [6, 6.07) is 5.83. The van der Waals surface area contributed by atoms with Crippen LogP contribution in [-0.2, 0) is 6.54 Å². The maximum absolute atomic E-state index is 6.14. The second kappa shape index (κ2) is 6.98. The summed E-state index contributed by atoms with van der Waals surface area (Å²) in [4.78, 5) is 4.36. The van der Waals surface area contributed by atoms with Crippen molar-refractivity contribution >= 4 is 28.6 Å². The van der Waals surface area contributed by atoms with Gasteiger partial charge in [-0.1, -0.05) is 57.2 Å². The Bertz CT molecular complexity index is 560. The van der Waals surface area contributed by atoms with E-state index in [-0.39, 0.29) is 0 Å². The van der Waals surface area contributed by atoms with Gasteiger partial charge in [-0.2, -0.15) is 0 Å². The predicted octanol–water partition coefficient (Wildman–Crippen LogP) is 4.88. The molecule has 0 aliphatic rings. The van der Waals surface area contributed by atoms with Crippen molar-refractivity contribution in [2.45, 2.75) is 52.5 Å². The van der Waals surface area contributed by atoms with Crippen molar-refractivity contribution in [1.29, 1.82) is 0 Å². The zero-order chi connectivity index (χ0) is 14.5. The second-order valence-electron chi connectivity index (χ2n) is 5.83. The zero-order valence-corrected chi connectivity index (χ0v) is 13.2. The van der Waals surface area contributed by atoms with Crippen molar-refractivity contribution in [1.82, 2.24) is 9.55 Å². The molecule has 0 spiro atoms. The molecule has 1 aromatic carbocycles. The molecule has 1 heterocycles. The van der Waals surface area contributed by atoms with Crippen LogP contribution in [0, 0.1) is 5.92 Å². The molecule has 2 aromatic rings. The molecule has 2 rings (SSSR count). The zero-order valence-electron chi connectivity index (χ0n) is 12.4. The van der Waals surface area contributed by atoms with E-state index in [1.54, 1.807) is 0 Å². The molecular weight excluding hydrogens is 270 g/mol. The molecular formula is C16H24ClN3. The fourth-order valence-corrected chi connectivity index (χ4v) is 2.75. The quantitative estimate of drug-likeness (QED) is 0.740. The lowest BCUT2D eigenvalue weighted by Gasteiger charge is -2.07. The molecule has 110 valence electrons. The van der Waals surface area contributed by atoms with Crippen LogP contribution >= 0.6 is 11.6 Å². The van der Waals surface area contributed by atoms with Crippen LogP contribution < -0.4 is 5.73 Å². The van der Waals surface area contributed by atoms with E-state index in [1.807, 2.05) is 18.2 Å². The minimum Gasteiger partial charge on any atom is -0.369 e. The van der Waals surface area contributed by atoms with Gasteiger partial charge in [-0.25, -0.2) is 4.98 Å². The summed E-state index contributed by atoms with van der Waals surface area (Å²) < 4.78 is 2.07. The number of nitrogens with two attached hydrogens (primary N) is 1. The summed E-state index contributed by atoms with van der Waals surface area (Å²) >= 11 is 6.14. The number of nitrogen functional groups attached to an aromatic ring is 1. The summed E-state index contributed by atoms with van der Waals surface area (Å²) in [6.07, 6.45) is 6.33. The van der Waals surface area contributed by atoms with E-state index in [0.717, 1.165) is 29.9 Å². The molecule has 0 saturated heterocycles. The van der Waals surface area contributed by atoms with Gasteiger partial charge in [0.2, 0.25) is 5.95 Å². The Labute approximate surface area is 126 Å². The monoisotopic (exact) mass is 293 g/mol. The van der Waals surface area contributed by atoms with E-state index < -0.39 is 0 Å². The van der Waals surface area contributed by atoms with Crippen molar-refractivity contribution in [2.24, 2.45) is 5.92 Å². The normalized spacial score (nSPS) is 11.6. The smallest absolute Gasteiger partial charge is 0.201 e. The largest absolute Gasteiger partial charge is 0.369 e. The molecule has 0 atom stereocenters. The number of benzene rings is 1. The third-order valence-electron chi connectivity index (χ3n) is 3.67. The topological polar surface area (TPSA) is 43.8 Å². The summed E-state index contributed by atoms with van der Waals surface area (Å²) in [6.45, 7) is 5.48. The molecule has 0 saturated carbocycles. The van der Waals surface area contributed by atoms with E-state index in [9.17, 15) is 0 Å². The van der Waals surface area contributed by atoms with Gasteiger partial charge in [0.05, 0.1) is 10.5 Å². The Hall–Kier alpha value is -1.22. The van der Waals surface area contributed by atoms with Gasteiger partial charge in [-0.3, -0.25) is 0 Å². The second-order valence-corrected chi connectivity index (χ2v) is 6.23. The number of halogens is 1. The van der Waals surface area contributed by atoms with Gasteiger partial charge >= 0.3 is 0 Å². The summed E-state index contributed by atoms with van der Waals surface area (Å²) in [7, 11) is 0.